The van der Waals surface area contributed by atoms with Gasteiger partial charge in [-0.05, 0) is 30.5 Å². The number of carbonyl (C=O) groups is 2. The number of amides is 1. The lowest BCUT2D eigenvalue weighted by atomic mass is 9.89. The molecule has 0 bridgehead atoms. The largest absolute Gasteiger partial charge is 0.481 e. The molecule has 7 heteroatoms. The summed E-state index contributed by atoms with van der Waals surface area (Å²) in [5, 5.41) is 9.53. The van der Waals surface area contributed by atoms with Crippen LogP contribution in [0.15, 0.2) is 18.2 Å². The van der Waals surface area contributed by atoms with E-state index < -0.39 is 17.4 Å². The number of rotatable bonds is 3. The second-order valence-corrected chi connectivity index (χ2v) is 6.53. The lowest BCUT2D eigenvalue weighted by Gasteiger charge is -2.20. The zero-order chi connectivity index (χ0) is 16.2. The van der Waals surface area contributed by atoms with E-state index in [4.69, 9.17) is 15.2 Å². The lowest BCUT2D eigenvalue weighted by molar-refractivity contribution is -0.142. The van der Waals surface area contributed by atoms with Crippen molar-refractivity contribution in [1.29, 1.82) is 0 Å². The predicted molar refractivity (Wildman–Crippen MR) is 79.2 cm³/mol. The number of carboxylic acid groups (broad SMARTS) is 1. The predicted octanol–water partition coefficient (Wildman–Crippen LogP) is 0.533. The van der Waals surface area contributed by atoms with Crippen molar-refractivity contribution in [3.63, 3.8) is 0 Å². The molecule has 2 fully saturated rings. The van der Waals surface area contributed by atoms with Gasteiger partial charge in [-0.25, -0.2) is 0 Å². The van der Waals surface area contributed by atoms with E-state index in [9.17, 15) is 14.7 Å². The number of hydrogen-bond acceptors (Lipinski definition) is 5. The molecule has 7 nitrogen and oxygen atoms in total. The number of carbonyl (C=O) groups excluding carboxylic acids is 1. The molecule has 1 aromatic rings. The molecule has 1 aromatic carbocycles. The van der Waals surface area contributed by atoms with Crippen molar-refractivity contribution in [2.75, 3.05) is 19.9 Å². The van der Waals surface area contributed by atoms with E-state index >= 15 is 0 Å². The quantitative estimate of drug-likeness (QED) is 0.843. The molecule has 2 atom stereocenters. The van der Waals surface area contributed by atoms with E-state index in [-0.39, 0.29) is 25.2 Å². The average Bonchev–Trinajstić information content (AvgIpc) is 2.99. The highest BCUT2D eigenvalue weighted by Gasteiger charge is 2.51. The maximum atomic E-state index is 12.4. The third-order valence-corrected chi connectivity index (χ3v) is 4.96. The van der Waals surface area contributed by atoms with Crippen LogP contribution in [0.3, 0.4) is 0 Å². The zero-order valence-corrected chi connectivity index (χ0v) is 12.5. The summed E-state index contributed by atoms with van der Waals surface area (Å²) in [6.07, 6.45) is 1.35. The summed E-state index contributed by atoms with van der Waals surface area (Å²) >= 11 is 0. The van der Waals surface area contributed by atoms with Gasteiger partial charge in [0.05, 0.1) is 11.5 Å². The van der Waals surface area contributed by atoms with E-state index in [1.54, 1.807) is 11.0 Å². The Kier molecular flexibility index (Phi) is 3.02. The molecule has 3 N–H and O–H groups in total. The summed E-state index contributed by atoms with van der Waals surface area (Å²) in [6.45, 7) is 0.743. The first-order valence-electron chi connectivity index (χ1n) is 7.68. The molecule has 0 radical (unpaired) electrons. The van der Waals surface area contributed by atoms with Crippen LogP contribution in [0.1, 0.15) is 24.3 Å². The van der Waals surface area contributed by atoms with E-state index in [1.807, 2.05) is 12.1 Å². The van der Waals surface area contributed by atoms with Gasteiger partial charge >= 0.3 is 5.97 Å². The average molecular weight is 318 g/mol. The van der Waals surface area contributed by atoms with Gasteiger partial charge in [0.2, 0.25) is 12.7 Å². The van der Waals surface area contributed by atoms with Crippen molar-refractivity contribution >= 4 is 11.9 Å². The van der Waals surface area contributed by atoms with Gasteiger partial charge in [-0.15, -0.1) is 0 Å². The van der Waals surface area contributed by atoms with Crippen molar-refractivity contribution in [1.82, 2.24) is 4.90 Å². The van der Waals surface area contributed by atoms with Crippen molar-refractivity contribution in [3.8, 4) is 11.5 Å². The van der Waals surface area contributed by atoms with Gasteiger partial charge in [0, 0.05) is 19.0 Å². The van der Waals surface area contributed by atoms with E-state index in [0.29, 0.717) is 30.9 Å². The van der Waals surface area contributed by atoms with Crippen LogP contribution >= 0.6 is 0 Å². The molecule has 3 aliphatic rings. The third-order valence-electron chi connectivity index (χ3n) is 4.96. The number of ether oxygens (including phenoxy) is 2. The summed E-state index contributed by atoms with van der Waals surface area (Å²) in [7, 11) is 0. The molecule has 2 aliphatic heterocycles. The highest BCUT2D eigenvalue weighted by Crippen LogP contribution is 2.41. The number of fused-ring (bicyclic) bond motifs is 1. The van der Waals surface area contributed by atoms with Crippen molar-refractivity contribution < 1.29 is 24.2 Å². The Morgan fingerprint density at radius 1 is 1.22 bits per heavy atom. The van der Waals surface area contributed by atoms with E-state index in [0.717, 1.165) is 5.56 Å². The molecule has 23 heavy (non-hydrogen) atoms. The number of nitrogens with zero attached hydrogens (tertiary/aromatic N) is 1. The van der Waals surface area contributed by atoms with Crippen LogP contribution in [-0.2, 0) is 9.59 Å². The molecule has 2 heterocycles. The van der Waals surface area contributed by atoms with Crippen LogP contribution in [-0.4, -0.2) is 47.3 Å². The summed E-state index contributed by atoms with van der Waals surface area (Å²) in [5.74, 6) is -0.661. The summed E-state index contributed by atoms with van der Waals surface area (Å²) in [4.78, 5) is 25.7. The zero-order valence-electron chi connectivity index (χ0n) is 12.5. The molecule has 1 saturated carbocycles. The maximum absolute atomic E-state index is 12.4. The first kappa shape index (κ1) is 14.3. The normalized spacial score (nSPS) is 27.1. The van der Waals surface area contributed by atoms with Crippen LogP contribution in [0.25, 0.3) is 0 Å². The molecule has 0 spiro atoms. The van der Waals surface area contributed by atoms with E-state index in [2.05, 4.69) is 0 Å². The lowest BCUT2D eigenvalue weighted by Crippen LogP contribution is -2.44. The molecule has 1 amide bonds. The minimum Gasteiger partial charge on any atom is -0.481 e. The molecule has 122 valence electrons. The van der Waals surface area contributed by atoms with Gasteiger partial charge in [0.1, 0.15) is 0 Å². The van der Waals surface area contributed by atoms with Gasteiger partial charge < -0.3 is 25.2 Å². The fourth-order valence-corrected chi connectivity index (χ4v) is 3.36. The maximum Gasteiger partial charge on any atom is 0.308 e. The Morgan fingerprint density at radius 3 is 2.65 bits per heavy atom. The molecule has 0 aromatic heterocycles. The Morgan fingerprint density at radius 2 is 1.96 bits per heavy atom. The number of aliphatic carboxylic acids is 1. The van der Waals surface area contributed by atoms with Crippen molar-refractivity contribution in [3.05, 3.63) is 23.8 Å². The second kappa shape index (κ2) is 4.86. The van der Waals surface area contributed by atoms with Crippen LogP contribution in [0, 0.1) is 5.92 Å². The second-order valence-electron chi connectivity index (χ2n) is 6.53. The smallest absolute Gasteiger partial charge is 0.308 e. The highest BCUT2D eigenvalue weighted by atomic mass is 16.7. The van der Waals surface area contributed by atoms with Crippen LogP contribution in [0.4, 0.5) is 0 Å². The summed E-state index contributed by atoms with van der Waals surface area (Å²) < 4.78 is 10.6. The van der Waals surface area contributed by atoms with Gasteiger partial charge in [0.15, 0.2) is 11.5 Å². The SMILES string of the molecule is NC1(C(=O)N2C[C@@H](C(=O)O)[C@H](c3ccc4c(c3)OCO4)C2)CC1. The van der Waals surface area contributed by atoms with Crippen LogP contribution < -0.4 is 15.2 Å². The Hall–Kier alpha value is -2.28. The standard InChI is InChI=1S/C16H18N2O5/c17-16(3-4-16)15(21)18-6-10(11(7-18)14(19)20)9-1-2-12-13(5-9)23-8-22-12/h1-2,5,10-11H,3-4,6-8,17H2,(H,19,20)/t10-,11+/m0/s1. The first-order chi connectivity index (χ1) is 11.0. The fourth-order valence-electron chi connectivity index (χ4n) is 3.36. The number of benzene rings is 1. The minimum atomic E-state index is -0.898. The molecular formula is C16H18N2O5. The van der Waals surface area contributed by atoms with Gasteiger partial charge in [0.25, 0.3) is 0 Å². The first-order valence-corrected chi connectivity index (χ1v) is 7.68. The number of likely N-dealkylation sites (tertiary alicyclic amines) is 1. The molecule has 4 rings (SSSR count). The van der Waals surface area contributed by atoms with Crippen molar-refractivity contribution in [2.24, 2.45) is 11.7 Å². The fraction of sp³-hybridized carbons (Fsp3) is 0.500. The molecule has 1 aliphatic carbocycles. The van der Waals surface area contributed by atoms with Gasteiger partial charge in [-0.3, -0.25) is 9.59 Å². The van der Waals surface area contributed by atoms with Gasteiger partial charge in [-0.1, -0.05) is 6.07 Å². The highest BCUT2D eigenvalue weighted by molar-refractivity contribution is 5.90. The monoisotopic (exact) mass is 318 g/mol. The Bertz CT molecular complexity index is 685. The molecule has 1 saturated heterocycles. The van der Waals surface area contributed by atoms with Crippen molar-refractivity contribution in [2.45, 2.75) is 24.3 Å². The Balaban J connectivity index is 1.61. The van der Waals surface area contributed by atoms with Gasteiger partial charge in [-0.2, -0.15) is 0 Å². The van der Waals surface area contributed by atoms with E-state index in [1.165, 1.54) is 0 Å². The molecule has 0 unspecified atom stereocenters. The number of carboxylic acids is 1. The minimum absolute atomic E-state index is 0.132. The van der Waals surface area contributed by atoms with Crippen LogP contribution in [0.5, 0.6) is 11.5 Å². The van der Waals surface area contributed by atoms with Crippen LogP contribution in [0.2, 0.25) is 0 Å². The third kappa shape index (κ3) is 2.31. The summed E-state index contributed by atoms with van der Waals surface area (Å²) in [5.41, 5.74) is 6.05. The number of nitrogens with two attached hydrogens (primary N) is 1. The topological polar surface area (TPSA) is 102 Å². The number of hydrogen-bond donors (Lipinski definition) is 2. The summed E-state index contributed by atoms with van der Waals surface area (Å²) in [6, 6.07) is 5.44. The Labute approximate surface area is 133 Å². The molecular weight excluding hydrogens is 300 g/mol.